The Kier molecular flexibility index (Phi) is 8.01. The lowest BCUT2D eigenvalue weighted by molar-refractivity contribution is -0.137. The van der Waals surface area contributed by atoms with Crippen LogP contribution < -0.4 is 15.4 Å². The molecule has 34 heavy (non-hydrogen) atoms. The van der Waals surface area contributed by atoms with Gasteiger partial charge in [0, 0.05) is 31.4 Å². The van der Waals surface area contributed by atoms with Crippen LogP contribution in [0.4, 0.5) is 18.9 Å². The first kappa shape index (κ1) is 25.3. The van der Waals surface area contributed by atoms with Gasteiger partial charge in [0.25, 0.3) is 5.91 Å². The van der Waals surface area contributed by atoms with E-state index in [4.69, 9.17) is 27.9 Å². The fourth-order valence-corrected chi connectivity index (χ4v) is 3.40. The van der Waals surface area contributed by atoms with Gasteiger partial charge in [-0.05, 0) is 48.4 Å². The summed E-state index contributed by atoms with van der Waals surface area (Å²) in [6.07, 6.45) is -2.89. The molecule has 0 aliphatic heterocycles. The summed E-state index contributed by atoms with van der Waals surface area (Å²) in [6.45, 7) is 0. The number of hydrogen-bond donors (Lipinski definition) is 2. The largest absolute Gasteiger partial charge is 0.456 e. The van der Waals surface area contributed by atoms with Gasteiger partial charge in [-0.3, -0.25) is 14.6 Å². The molecular weight excluding hydrogens is 494 g/mol. The second kappa shape index (κ2) is 10.8. The van der Waals surface area contributed by atoms with Gasteiger partial charge in [0.2, 0.25) is 5.91 Å². The first-order valence-corrected chi connectivity index (χ1v) is 10.6. The number of aromatic nitrogens is 1. The molecule has 6 nitrogen and oxygen atoms in total. The fraction of sp³-hybridized carbons (Fsp3) is 0.174. The van der Waals surface area contributed by atoms with Gasteiger partial charge < -0.3 is 15.4 Å². The zero-order valence-corrected chi connectivity index (χ0v) is 19.2. The minimum absolute atomic E-state index is 0.00280. The molecule has 3 aromatic rings. The van der Waals surface area contributed by atoms with E-state index in [-0.39, 0.29) is 28.7 Å². The van der Waals surface area contributed by atoms with E-state index in [0.29, 0.717) is 17.9 Å². The van der Waals surface area contributed by atoms with E-state index in [1.165, 1.54) is 25.4 Å². The van der Waals surface area contributed by atoms with Crippen molar-refractivity contribution in [3.05, 3.63) is 81.6 Å². The second-order valence-electron chi connectivity index (χ2n) is 7.06. The van der Waals surface area contributed by atoms with Gasteiger partial charge in [-0.1, -0.05) is 29.3 Å². The summed E-state index contributed by atoms with van der Waals surface area (Å²) < 4.78 is 44.6. The van der Waals surface area contributed by atoms with Crippen LogP contribution in [0, 0.1) is 0 Å². The lowest BCUT2D eigenvalue weighted by atomic mass is 10.1. The molecule has 2 N–H and O–H groups in total. The maximum absolute atomic E-state index is 13.0. The molecule has 1 heterocycles. The van der Waals surface area contributed by atoms with Crippen molar-refractivity contribution >= 4 is 40.7 Å². The number of carbonyl (C=O) groups excluding carboxylic acids is 2. The number of benzene rings is 2. The van der Waals surface area contributed by atoms with Crippen molar-refractivity contribution in [3.63, 3.8) is 0 Å². The normalized spacial score (nSPS) is 11.1. The summed E-state index contributed by atoms with van der Waals surface area (Å²) in [4.78, 5) is 27.9. The summed E-state index contributed by atoms with van der Waals surface area (Å²) in [5.74, 6) is -0.127. The van der Waals surface area contributed by atoms with Crippen LogP contribution in [-0.2, 0) is 17.4 Å². The maximum atomic E-state index is 13.0. The zero-order valence-electron chi connectivity index (χ0n) is 17.7. The molecule has 0 spiro atoms. The van der Waals surface area contributed by atoms with Crippen molar-refractivity contribution in [1.82, 2.24) is 10.3 Å². The standard InChI is InChI=1S/C23H18Cl2F3N3O3/c1-29-22(33)19-12-15(8-9-30-19)34-20-6-2-13(10-18(20)25)3-7-21(32)31-14-4-5-17(24)16(11-14)23(26,27)28/h2,4-6,8-12H,3,7H2,1H3,(H,29,33)(H,31,32). The Labute approximate surface area is 203 Å². The first-order chi connectivity index (χ1) is 16.1. The summed E-state index contributed by atoms with van der Waals surface area (Å²) in [5, 5.41) is 4.74. The van der Waals surface area contributed by atoms with E-state index >= 15 is 0 Å². The van der Waals surface area contributed by atoms with Crippen LogP contribution in [0.1, 0.15) is 28.0 Å². The van der Waals surface area contributed by atoms with Crippen LogP contribution in [0.2, 0.25) is 10.0 Å². The molecule has 11 heteroatoms. The third kappa shape index (κ3) is 6.61. The summed E-state index contributed by atoms with van der Waals surface area (Å²) >= 11 is 11.9. The number of nitrogens with zero attached hydrogens (tertiary/aromatic N) is 1. The van der Waals surface area contributed by atoms with Crippen LogP contribution >= 0.6 is 23.2 Å². The highest BCUT2D eigenvalue weighted by molar-refractivity contribution is 6.32. The van der Waals surface area contributed by atoms with Crippen molar-refractivity contribution in [3.8, 4) is 11.5 Å². The SMILES string of the molecule is CNC(=O)c1cc(Oc2ccc(CCC(=O)Nc3ccc(Cl)c(C(F)(F)F)c3)cc2Cl)ccn1. The molecule has 1 aromatic heterocycles. The molecule has 2 amide bonds. The molecule has 0 unspecified atom stereocenters. The Morgan fingerprint density at radius 2 is 1.79 bits per heavy atom. The van der Waals surface area contributed by atoms with Crippen molar-refractivity contribution in [2.24, 2.45) is 0 Å². The Morgan fingerprint density at radius 3 is 2.47 bits per heavy atom. The van der Waals surface area contributed by atoms with Gasteiger partial charge in [0.15, 0.2) is 0 Å². The van der Waals surface area contributed by atoms with E-state index in [1.807, 2.05) is 0 Å². The van der Waals surface area contributed by atoms with Crippen molar-refractivity contribution in [1.29, 1.82) is 0 Å². The highest BCUT2D eigenvalue weighted by Gasteiger charge is 2.33. The van der Waals surface area contributed by atoms with Crippen molar-refractivity contribution in [2.45, 2.75) is 19.0 Å². The lowest BCUT2D eigenvalue weighted by Crippen LogP contribution is -2.18. The maximum Gasteiger partial charge on any atom is 0.417 e. The molecular formula is C23H18Cl2F3N3O3. The Morgan fingerprint density at radius 1 is 1.03 bits per heavy atom. The molecule has 2 aromatic carbocycles. The highest BCUT2D eigenvalue weighted by atomic mass is 35.5. The van der Waals surface area contributed by atoms with Gasteiger partial charge in [-0.25, -0.2) is 0 Å². The second-order valence-corrected chi connectivity index (χ2v) is 7.88. The molecule has 0 aliphatic carbocycles. The Bertz CT molecular complexity index is 1220. The van der Waals surface area contributed by atoms with E-state index in [9.17, 15) is 22.8 Å². The summed E-state index contributed by atoms with van der Waals surface area (Å²) in [6, 6.07) is 11.2. The summed E-state index contributed by atoms with van der Waals surface area (Å²) in [5.41, 5.74) is -0.120. The Hall–Kier alpha value is -3.30. The Balaban J connectivity index is 1.61. The van der Waals surface area contributed by atoms with Crippen molar-refractivity contribution < 1.29 is 27.5 Å². The third-order valence-electron chi connectivity index (χ3n) is 4.61. The zero-order chi connectivity index (χ0) is 24.9. The number of nitrogens with one attached hydrogen (secondary N) is 2. The van der Waals surface area contributed by atoms with Gasteiger partial charge in [0.05, 0.1) is 15.6 Å². The molecule has 0 saturated heterocycles. The van der Waals surface area contributed by atoms with Crippen LogP contribution in [0.15, 0.2) is 54.7 Å². The number of rotatable bonds is 7. The lowest BCUT2D eigenvalue weighted by Gasteiger charge is -2.12. The molecule has 0 saturated carbocycles. The number of alkyl halides is 3. The van der Waals surface area contributed by atoms with E-state index < -0.39 is 22.7 Å². The minimum atomic E-state index is -4.63. The molecule has 0 bridgehead atoms. The van der Waals surface area contributed by atoms with Crippen LogP contribution in [0.25, 0.3) is 0 Å². The van der Waals surface area contributed by atoms with Crippen LogP contribution in [0.3, 0.4) is 0 Å². The number of carbonyl (C=O) groups is 2. The average molecular weight is 512 g/mol. The van der Waals surface area contributed by atoms with Gasteiger partial charge in [-0.2, -0.15) is 13.2 Å². The fourth-order valence-electron chi connectivity index (χ4n) is 2.94. The number of pyridine rings is 1. The quantitative estimate of drug-likeness (QED) is 0.399. The molecule has 0 radical (unpaired) electrons. The van der Waals surface area contributed by atoms with Crippen LogP contribution in [0.5, 0.6) is 11.5 Å². The van der Waals surface area contributed by atoms with Gasteiger partial charge >= 0.3 is 6.18 Å². The monoisotopic (exact) mass is 511 g/mol. The predicted octanol–water partition coefficient (Wildman–Crippen LogP) is 6.13. The average Bonchev–Trinajstić information content (AvgIpc) is 2.79. The number of hydrogen-bond acceptors (Lipinski definition) is 4. The highest BCUT2D eigenvalue weighted by Crippen LogP contribution is 2.36. The molecule has 178 valence electrons. The number of amides is 2. The van der Waals surface area contributed by atoms with E-state index in [1.54, 1.807) is 24.3 Å². The first-order valence-electron chi connectivity index (χ1n) is 9.88. The molecule has 0 atom stereocenters. The smallest absolute Gasteiger partial charge is 0.417 e. The number of ether oxygens (including phenoxy) is 1. The van der Waals surface area contributed by atoms with Gasteiger partial charge in [0.1, 0.15) is 17.2 Å². The third-order valence-corrected chi connectivity index (χ3v) is 5.24. The van der Waals surface area contributed by atoms with Crippen molar-refractivity contribution in [2.75, 3.05) is 12.4 Å². The molecule has 0 aliphatic rings. The number of aryl methyl sites for hydroxylation is 1. The molecule has 0 fully saturated rings. The number of anilines is 1. The molecule has 3 rings (SSSR count). The summed E-state index contributed by atoms with van der Waals surface area (Å²) in [7, 11) is 1.49. The number of halogens is 5. The minimum Gasteiger partial charge on any atom is -0.456 e. The van der Waals surface area contributed by atoms with Gasteiger partial charge in [-0.15, -0.1) is 0 Å². The van der Waals surface area contributed by atoms with E-state index in [0.717, 1.165) is 17.7 Å². The topological polar surface area (TPSA) is 80.3 Å². The van der Waals surface area contributed by atoms with Crippen LogP contribution in [-0.4, -0.2) is 23.8 Å². The van der Waals surface area contributed by atoms with E-state index in [2.05, 4.69) is 15.6 Å². The predicted molar refractivity (Wildman–Crippen MR) is 123 cm³/mol.